The second-order valence-corrected chi connectivity index (χ2v) is 4.88. The lowest BCUT2D eigenvalue weighted by Gasteiger charge is -2.27. The van der Waals surface area contributed by atoms with Crippen LogP contribution in [0.1, 0.15) is 12.0 Å². The quantitative estimate of drug-likeness (QED) is 0.845. The van der Waals surface area contributed by atoms with Gasteiger partial charge in [-0.1, -0.05) is 30.3 Å². The number of hydrogen-bond donors (Lipinski definition) is 1. The lowest BCUT2D eigenvalue weighted by atomic mass is 9.92. The first-order chi connectivity index (χ1) is 9.30. The highest BCUT2D eigenvalue weighted by Crippen LogP contribution is 2.21. The molecule has 0 amide bonds. The van der Waals surface area contributed by atoms with E-state index in [2.05, 4.69) is 11.4 Å². The first-order valence-corrected chi connectivity index (χ1v) is 6.62. The van der Waals surface area contributed by atoms with Crippen LogP contribution in [0.5, 0.6) is 0 Å². The minimum atomic E-state index is -0.777. The van der Waals surface area contributed by atoms with Gasteiger partial charge in [0.2, 0.25) is 0 Å². The Morgan fingerprint density at radius 3 is 2.84 bits per heavy atom. The molecule has 1 aromatic rings. The molecule has 1 aliphatic heterocycles. The van der Waals surface area contributed by atoms with Gasteiger partial charge in [0.05, 0.1) is 25.9 Å². The standard InChI is InChI=1S/C15H20N2O2/c1-17-15(11-16,14-5-3-2-4-6-14)12-19-10-13-7-8-18-9-13/h2-6,13,17H,7-10,12H2,1H3. The molecule has 2 atom stereocenters. The van der Waals surface area contributed by atoms with E-state index in [1.54, 1.807) is 7.05 Å². The van der Waals surface area contributed by atoms with Gasteiger partial charge in [0.1, 0.15) is 0 Å². The van der Waals surface area contributed by atoms with Gasteiger partial charge in [0, 0.05) is 12.5 Å². The SMILES string of the molecule is CNC(C#N)(COCC1CCOC1)c1ccccc1. The molecule has 1 aliphatic rings. The molecule has 1 fully saturated rings. The van der Waals surface area contributed by atoms with E-state index >= 15 is 0 Å². The molecular formula is C15H20N2O2. The highest BCUT2D eigenvalue weighted by atomic mass is 16.5. The molecule has 0 saturated carbocycles. The molecule has 1 heterocycles. The molecule has 1 N–H and O–H groups in total. The predicted octanol–water partition coefficient (Wildman–Crippen LogP) is 1.68. The Morgan fingerprint density at radius 1 is 1.47 bits per heavy atom. The molecule has 19 heavy (non-hydrogen) atoms. The second kappa shape index (κ2) is 6.67. The fourth-order valence-electron chi connectivity index (χ4n) is 2.27. The van der Waals surface area contributed by atoms with Crippen molar-refractivity contribution in [2.45, 2.75) is 12.0 Å². The fraction of sp³-hybridized carbons (Fsp3) is 0.533. The Balaban J connectivity index is 1.97. The molecular weight excluding hydrogens is 240 g/mol. The third-order valence-corrected chi connectivity index (χ3v) is 3.58. The summed E-state index contributed by atoms with van der Waals surface area (Å²) in [6, 6.07) is 12.0. The zero-order valence-electron chi connectivity index (χ0n) is 11.3. The summed E-state index contributed by atoms with van der Waals surface area (Å²) in [6.45, 7) is 2.59. The highest BCUT2D eigenvalue weighted by Gasteiger charge is 2.31. The summed E-state index contributed by atoms with van der Waals surface area (Å²) in [5.74, 6) is 0.462. The largest absolute Gasteiger partial charge is 0.381 e. The van der Waals surface area contributed by atoms with Crippen LogP contribution in [0.15, 0.2) is 30.3 Å². The Hall–Kier alpha value is -1.41. The summed E-state index contributed by atoms with van der Waals surface area (Å²) >= 11 is 0. The van der Waals surface area contributed by atoms with Crippen molar-refractivity contribution in [3.63, 3.8) is 0 Å². The monoisotopic (exact) mass is 260 g/mol. The van der Waals surface area contributed by atoms with Crippen molar-refractivity contribution in [3.8, 4) is 6.07 Å². The van der Waals surface area contributed by atoms with Gasteiger partial charge in [-0.05, 0) is 19.0 Å². The Kier molecular flexibility index (Phi) is 4.92. The molecule has 4 heteroatoms. The maximum atomic E-state index is 9.50. The Labute approximate surface area is 114 Å². The van der Waals surface area contributed by atoms with Crippen LogP contribution >= 0.6 is 0 Å². The van der Waals surface area contributed by atoms with Gasteiger partial charge in [-0.3, -0.25) is 5.32 Å². The van der Waals surface area contributed by atoms with Crippen LogP contribution in [0.3, 0.4) is 0 Å². The van der Waals surface area contributed by atoms with Crippen molar-refractivity contribution in [2.75, 3.05) is 33.5 Å². The van der Waals surface area contributed by atoms with Crippen molar-refractivity contribution < 1.29 is 9.47 Å². The van der Waals surface area contributed by atoms with Crippen molar-refractivity contribution in [1.29, 1.82) is 5.26 Å². The van der Waals surface area contributed by atoms with E-state index in [0.29, 0.717) is 19.1 Å². The predicted molar refractivity (Wildman–Crippen MR) is 72.5 cm³/mol. The topological polar surface area (TPSA) is 54.3 Å². The lowest BCUT2D eigenvalue weighted by Crippen LogP contribution is -2.43. The summed E-state index contributed by atoms with van der Waals surface area (Å²) in [4.78, 5) is 0. The molecule has 0 bridgehead atoms. The number of likely N-dealkylation sites (N-methyl/N-ethyl adjacent to an activating group) is 1. The van der Waals surface area contributed by atoms with Crippen LogP contribution in [0.2, 0.25) is 0 Å². The molecule has 0 radical (unpaired) electrons. The normalized spacial score (nSPS) is 21.8. The van der Waals surface area contributed by atoms with Crippen molar-refractivity contribution in [3.05, 3.63) is 35.9 Å². The second-order valence-electron chi connectivity index (χ2n) is 4.88. The van der Waals surface area contributed by atoms with E-state index in [9.17, 15) is 5.26 Å². The summed E-state index contributed by atoms with van der Waals surface area (Å²) in [5, 5.41) is 12.6. The molecule has 1 saturated heterocycles. The van der Waals surface area contributed by atoms with Crippen LogP contribution in [0, 0.1) is 17.2 Å². The summed E-state index contributed by atoms with van der Waals surface area (Å²) in [7, 11) is 1.79. The minimum absolute atomic E-state index is 0.348. The molecule has 2 rings (SSSR count). The average Bonchev–Trinajstić information content (AvgIpc) is 2.98. The molecule has 0 aliphatic carbocycles. The molecule has 0 aromatic heterocycles. The summed E-state index contributed by atoms with van der Waals surface area (Å²) in [6.07, 6.45) is 1.05. The van der Waals surface area contributed by atoms with Crippen LogP contribution in [0.25, 0.3) is 0 Å². The van der Waals surface area contributed by atoms with Gasteiger partial charge < -0.3 is 9.47 Å². The highest BCUT2D eigenvalue weighted by molar-refractivity contribution is 5.31. The molecule has 2 unspecified atom stereocenters. The van der Waals surface area contributed by atoms with E-state index in [-0.39, 0.29) is 0 Å². The summed E-state index contributed by atoms with van der Waals surface area (Å²) < 4.78 is 11.1. The van der Waals surface area contributed by atoms with Gasteiger partial charge in [-0.2, -0.15) is 5.26 Å². The number of nitrogens with one attached hydrogen (secondary N) is 1. The van der Waals surface area contributed by atoms with E-state index < -0.39 is 5.54 Å². The van der Waals surface area contributed by atoms with Gasteiger partial charge in [-0.15, -0.1) is 0 Å². The fourth-order valence-corrected chi connectivity index (χ4v) is 2.27. The number of nitriles is 1. The zero-order valence-corrected chi connectivity index (χ0v) is 11.3. The molecule has 1 aromatic carbocycles. The maximum absolute atomic E-state index is 9.50. The Morgan fingerprint density at radius 2 is 2.26 bits per heavy atom. The van der Waals surface area contributed by atoms with Crippen LogP contribution < -0.4 is 5.32 Å². The van der Waals surface area contributed by atoms with E-state index in [1.165, 1.54) is 0 Å². The van der Waals surface area contributed by atoms with Crippen LogP contribution in [-0.2, 0) is 15.0 Å². The average molecular weight is 260 g/mol. The number of hydrogen-bond acceptors (Lipinski definition) is 4. The van der Waals surface area contributed by atoms with Gasteiger partial charge in [0.25, 0.3) is 0 Å². The van der Waals surface area contributed by atoms with Crippen LogP contribution in [0.4, 0.5) is 0 Å². The molecule has 102 valence electrons. The van der Waals surface area contributed by atoms with Crippen molar-refractivity contribution in [1.82, 2.24) is 5.32 Å². The smallest absolute Gasteiger partial charge is 0.155 e. The number of benzene rings is 1. The van der Waals surface area contributed by atoms with Crippen LogP contribution in [-0.4, -0.2) is 33.5 Å². The minimum Gasteiger partial charge on any atom is -0.381 e. The number of ether oxygens (including phenoxy) is 2. The third kappa shape index (κ3) is 3.32. The lowest BCUT2D eigenvalue weighted by molar-refractivity contribution is 0.0599. The summed E-state index contributed by atoms with van der Waals surface area (Å²) in [5.41, 5.74) is 0.156. The Bertz CT molecular complexity index is 424. The van der Waals surface area contributed by atoms with Gasteiger partial charge >= 0.3 is 0 Å². The first-order valence-electron chi connectivity index (χ1n) is 6.62. The van der Waals surface area contributed by atoms with E-state index in [4.69, 9.17) is 9.47 Å². The zero-order chi connectivity index (χ0) is 13.6. The first kappa shape index (κ1) is 14.0. The van der Waals surface area contributed by atoms with Gasteiger partial charge in [0.15, 0.2) is 5.54 Å². The van der Waals surface area contributed by atoms with E-state index in [0.717, 1.165) is 25.2 Å². The number of rotatable bonds is 6. The molecule has 0 spiro atoms. The van der Waals surface area contributed by atoms with Crippen molar-refractivity contribution in [2.24, 2.45) is 5.92 Å². The van der Waals surface area contributed by atoms with E-state index in [1.807, 2.05) is 30.3 Å². The third-order valence-electron chi connectivity index (χ3n) is 3.58. The van der Waals surface area contributed by atoms with Gasteiger partial charge in [-0.25, -0.2) is 0 Å². The van der Waals surface area contributed by atoms with Crippen molar-refractivity contribution >= 4 is 0 Å². The number of nitrogens with zero attached hydrogens (tertiary/aromatic N) is 1. The molecule has 4 nitrogen and oxygen atoms in total. The maximum Gasteiger partial charge on any atom is 0.155 e.